The number of pyridine rings is 1. The molecule has 2 rings (SSSR count). The molecular formula is C15H18NOPS. The van der Waals surface area contributed by atoms with Gasteiger partial charge in [-0.15, -0.1) is 0 Å². The minimum atomic E-state index is -2.16. The molecule has 1 heterocycles. The Labute approximate surface area is 118 Å². The summed E-state index contributed by atoms with van der Waals surface area (Å²) < 4.78 is 0. The van der Waals surface area contributed by atoms with Gasteiger partial charge in [-0.05, 0) is 22.6 Å². The Kier molecular flexibility index (Phi) is 3.80. The van der Waals surface area contributed by atoms with Crippen LogP contribution in [0.15, 0.2) is 53.5 Å². The quantitative estimate of drug-likeness (QED) is 0.863. The van der Waals surface area contributed by atoms with E-state index in [2.05, 4.69) is 25.8 Å². The highest BCUT2D eigenvalue weighted by molar-refractivity contribution is 8.22. The first-order chi connectivity index (χ1) is 8.87. The zero-order chi connectivity index (χ0) is 14.1. The fraction of sp³-hybridized carbons (Fsp3) is 0.267. The van der Waals surface area contributed by atoms with Crippen LogP contribution in [0.1, 0.15) is 20.8 Å². The summed E-state index contributed by atoms with van der Waals surface area (Å²) in [5.74, 6) is 0. The molecule has 1 aromatic heterocycles. The maximum absolute atomic E-state index is 12.2. The molecule has 1 aromatic carbocycles. The van der Waals surface area contributed by atoms with E-state index in [-0.39, 0.29) is 10.7 Å². The molecule has 0 bridgehead atoms. The molecule has 4 heteroatoms. The molecule has 0 amide bonds. The van der Waals surface area contributed by atoms with Crippen LogP contribution in [-0.2, 0) is 11.8 Å². The average Bonchev–Trinajstić information content (AvgIpc) is 2.38. The van der Waals surface area contributed by atoms with Crippen molar-refractivity contribution < 1.29 is 0 Å². The highest BCUT2D eigenvalue weighted by Crippen LogP contribution is 2.54. The zero-order valence-corrected chi connectivity index (χ0v) is 13.1. The molecule has 100 valence electrons. The molecular weight excluding hydrogens is 273 g/mol. The van der Waals surface area contributed by atoms with Gasteiger partial charge in [-0.1, -0.05) is 62.9 Å². The van der Waals surface area contributed by atoms with Gasteiger partial charge >= 0.3 is 0 Å². The van der Waals surface area contributed by atoms with Gasteiger partial charge in [-0.2, -0.15) is 0 Å². The predicted octanol–water partition coefficient (Wildman–Crippen LogP) is 2.60. The van der Waals surface area contributed by atoms with E-state index in [9.17, 15) is 4.79 Å². The average molecular weight is 291 g/mol. The third-order valence-electron chi connectivity index (χ3n) is 3.20. The summed E-state index contributed by atoms with van der Waals surface area (Å²) in [6.07, 6.45) is 1.65. The lowest BCUT2D eigenvalue weighted by atomic mass is 10.3. The minimum absolute atomic E-state index is 0.0652. The van der Waals surface area contributed by atoms with E-state index in [4.69, 9.17) is 11.8 Å². The van der Waals surface area contributed by atoms with E-state index in [1.807, 2.05) is 42.5 Å². The van der Waals surface area contributed by atoms with Gasteiger partial charge < -0.3 is 4.98 Å². The Morgan fingerprint density at radius 3 is 2.21 bits per heavy atom. The van der Waals surface area contributed by atoms with Gasteiger partial charge in [-0.3, -0.25) is 4.79 Å². The standard InChI is InChI=1S/C15H18NOPS/c1-15(2,3)18(19,12-8-5-4-6-9-12)13-10-7-11-16-14(13)17/h4-11H,1-3H3,(H,16,17). The zero-order valence-electron chi connectivity index (χ0n) is 11.4. The van der Waals surface area contributed by atoms with Gasteiger partial charge in [0.2, 0.25) is 0 Å². The molecule has 0 aliphatic rings. The normalized spacial score (nSPS) is 14.9. The second-order valence-corrected chi connectivity index (χ2v) is 10.7. The van der Waals surface area contributed by atoms with Crippen LogP contribution in [0.3, 0.4) is 0 Å². The Balaban J connectivity index is 2.79. The molecule has 1 unspecified atom stereocenters. The van der Waals surface area contributed by atoms with Crippen molar-refractivity contribution in [3.63, 3.8) is 0 Å². The summed E-state index contributed by atoms with van der Waals surface area (Å²) in [5, 5.41) is 1.69. The van der Waals surface area contributed by atoms with Crippen LogP contribution in [0.4, 0.5) is 0 Å². The lowest BCUT2D eigenvalue weighted by Gasteiger charge is -2.35. The monoisotopic (exact) mass is 291 g/mol. The van der Waals surface area contributed by atoms with Gasteiger partial charge in [0, 0.05) is 12.2 Å². The van der Waals surface area contributed by atoms with Crippen molar-refractivity contribution in [1.82, 2.24) is 4.98 Å². The van der Waals surface area contributed by atoms with Crippen LogP contribution >= 0.6 is 6.04 Å². The second kappa shape index (κ2) is 5.07. The molecule has 0 fully saturated rings. The van der Waals surface area contributed by atoms with Crippen LogP contribution in [0.2, 0.25) is 0 Å². The van der Waals surface area contributed by atoms with Crippen molar-refractivity contribution >= 4 is 28.5 Å². The van der Waals surface area contributed by atoms with E-state index in [1.54, 1.807) is 6.20 Å². The summed E-state index contributed by atoms with van der Waals surface area (Å²) in [6, 6.07) is 11.6. The summed E-state index contributed by atoms with van der Waals surface area (Å²) >= 11 is 6.05. The van der Waals surface area contributed by atoms with Crippen molar-refractivity contribution in [2.75, 3.05) is 0 Å². The lowest BCUT2D eigenvalue weighted by molar-refractivity contribution is 0.791. The SMILES string of the molecule is CC(C)(C)P(=S)(c1ccccc1)c1ccc[nH]c1=O. The summed E-state index contributed by atoms with van der Waals surface area (Å²) in [6.45, 7) is 6.35. The molecule has 2 nitrogen and oxygen atoms in total. The Morgan fingerprint density at radius 2 is 1.68 bits per heavy atom. The number of H-pyrrole nitrogens is 1. The molecule has 1 atom stereocenters. The Hall–Kier alpha value is -1.18. The first-order valence-corrected chi connectivity index (χ1v) is 9.01. The predicted molar refractivity (Wildman–Crippen MR) is 86.8 cm³/mol. The number of hydrogen-bond donors (Lipinski definition) is 1. The van der Waals surface area contributed by atoms with Crippen molar-refractivity contribution in [2.24, 2.45) is 0 Å². The van der Waals surface area contributed by atoms with E-state index in [0.717, 1.165) is 10.6 Å². The molecule has 0 aliphatic carbocycles. The number of hydrogen-bond acceptors (Lipinski definition) is 2. The third kappa shape index (κ3) is 2.45. The number of aromatic amines is 1. The number of aromatic nitrogens is 1. The van der Waals surface area contributed by atoms with Crippen LogP contribution in [-0.4, -0.2) is 10.1 Å². The molecule has 0 saturated carbocycles. The highest BCUT2D eigenvalue weighted by Gasteiger charge is 2.36. The van der Waals surface area contributed by atoms with Crippen LogP contribution in [0.25, 0.3) is 0 Å². The van der Waals surface area contributed by atoms with Gasteiger partial charge in [-0.25, -0.2) is 0 Å². The number of benzene rings is 1. The number of rotatable bonds is 2. The fourth-order valence-corrected chi connectivity index (χ4v) is 6.00. The molecule has 0 aliphatic heterocycles. The summed E-state index contributed by atoms with van der Waals surface area (Å²) in [7, 11) is 0. The van der Waals surface area contributed by atoms with E-state index in [0.29, 0.717) is 0 Å². The van der Waals surface area contributed by atoms with E-state index >= 15 is 0 Å². The van der Waals surface area contributed by atoms with Crippen LogP contribution in [0.5, 0.6) is 0 Å². The summed E-state index contributed by atoms with van der Waals surface area (Å²) in [5.41, 5.74) is -0.0652. The van der Waals surface area contributed by atoms with Crippen molar-refractivity contribution in [1.29, 1.82) is 0 Å². The Bertz CT molecular complexity index is 670. The van der Waals surface area contributed by atoms with E-state index < -0.39 is 6.04 Å². The largest absolute Gasteiger partial charge is 0.329 e. The van der Waals surface area contributed by atoms with Crippen molar-refractivity contribution in [3.05, 3.63) is 59.0 Å². The second-order valence-electron chi connectivity index (χ2n) is 5.50. The van der Waals surface area contributed by atoms with Crippen molar-refractivity contribution in [2.45, 2.75) is 25.9 Å². The minimum Gasteiger partial charge on any atom is -0.329 e. The molecule has 1 N–H and O–H groups in total. The van der Waals surface area contributed by atoms with E-state index in [1.165, 1.54) is 0 Å². The highest BCUT2D eigenvalue weighted by atomic mass is 32.4. The Morgan fingerprint density at radius 1 is 1.05 bits per heavy atom. The molecule has 0 saturated heterocycles. The first-order valence-electron chi connectivity index (χ1n) is 6.21. The molecule has 19 heavy (non-hydrogen) atoms. The molecule has 0 radical (unpaired) electrons. The lowest BCUT2D eigenvalue weighted by Crippen LogP contribution is -2.38. The van der Waals surface area contributed by atoms with Crippen LogP contribution < -0.4 is 16.2 Å². The van der Waals surface area contributed by atoms with Crippen molar-refractivity contribution in [3.8, 4) is 0 Å². The number of nitrogens with one attached hydrogen (secondary N) is 1. The fourth-order valence-electron chi connectivity index (χ4n) is 2.19. The topological polar surface area (TPSA) is 32.9 Å². The maximum Gasteiger partial charge on any atom is 0.256 e. The first kappa shape index (κ1) is 14.2. The van der Waals surface area contributed by atoms with Gasteiger partial charge in [0.15, 0.2) is 0 Å². The summed E-state index contributed by atoms with van der Waals surface area (Å²) in [4.78, 5) is 14.9. The smallest absolute Gasteiger partial charge is 0.256 e. The van der Waals surface area contributed by atoms with Gasteiger partial charge in [0.25, 0.3) is 5.56 Å². The van der Waals surface area contributed by atoms with Gasteiger partial charge in [0.1, 0.15) is 0 Å². The molecule has 0 spiro atoms. The molecule has 2 aromatic rings. The van der Waals surface area contributed by atoms with Crippen LogP contribution in [0, 0.1) is 0 Å². The van der Waals surface area contributed by atoms with Gasteiger partial charge in [0.05, 0.1) is 5.30 Å². The third-order valence-corrected chi connectivity index (χ3v) is 10.0. The maximum atomic E-state index is 12.2.